The van der Waals surface area contributed by atoms with Gasteiger partial charge < -0.3 is 10.2 Å². The Morgan fingerprint density at radius 3 is 1.31 bits per heavy atom. The van der Waals surface area contributed by atoms with E-state index in [-0.39, 0.29) is 10.0 Å². The zero-order valence-electron chi connectivity index (χ0n) is 13.0. The predicted octanol–water partition coefficient (Wildman–Crippen LogP) is 5.58. The summed E-state index contributed by atoms with van der Waals surface area (Å²) in [5.41, 5.74) is 0.884. The van der Waals surface area contributed by atoms with E-state index in [9.17, 15) is 19.8 Å². The number of carboxylic acid groups (broad SMARTS) is 2. The third-order valence-corrected chi connectivity index (χ3v) is 5.89. The fourth-order valence-corrected chi connectivity index (χ4v) is 4.75. The molecular weight excluding hydrogens is 422 g/mol. The van der Waals surface area contributed by atoms with Crippen molar-refractivity contribution < 1.29 is 19.8 Å². The molecule has 4 nitrogen and oxygen atoms in total. The Morgan fingerprint density at radius 2 is 1.04 bits per heavy atom. The van der Waals surface area contributed by atoms with Gasteiger partial charge in [-0.05, 0) is 35.4 Å². The van der Waals surface area contributed by atoms with Crippen LogP contribution in [0.5, 0.6) is 0 Å². The van der Waals surface area contributed by atoms with Crippen LogP contribution in [0, 0.1) is 11.8 Å². The van der Waals surface area contributed by atoms with E-state index in [1.54, 1.807) is 24.3 Å². The van der Waals surface area contributed by atoms with Crippen LogP contribution >= 0.6 is 46.4 Å². The second-order valence-corrected chi connectivity index (χ2v) is 7.80. The van der Waals surface area contributed by atoms with E-state index in [0.29, 0.717) is 21.2 Å². The van der Waals surface area contributed by atoms with Crippen molar-refractivity contribution >= 4 is 58.3 Å². The van der Waals surface area contributed by atoms with Gasteiger partial charge in [0.15, 0.2) is 0 Å². The van der Waals surface area contributed by atoms with Gasteiger partial charge in [-0.2, -0.15) is 0 Å². The second kappa shape index (κ2) is 7.28. The number of rotatable bonds is 4. The Labute approximate surface area is 169 Å². The lowest BCUT2D eigenvalue weighted by atomic mass is 9.52. The highest BCUT2D eigenvalue weighted by Crippen LogP contribution is 2.59. The molecule has 136 valence electrons. The third kappa shape index (κ3) is 3.27. The summed E-state index contributed by atoms with van der Waals surface area (Å²) in [6.07, 6.45) is 0. The van der Waals surface area contributed by atoms with Crippen molar-refractivity contribution in [2.24, 2.45) is 11.8 Å². The third-order valence-electron chi connectivity index (χ3n) is 4.76. The summed E-state index contributed by atoms with van der Waals surface area (Å²) in [6, 6.07) is 9.20. The van der Waals surface area contributed by atoms with Gasteiger partial charge >= 0.3 is 11.9 Å². The Kier molecular flexibility index (Phi) is 5.40. The molecule has 2 aromatic carbocycles. The molecule has 3 rings (SSSR count). The first-order valence-corrected chi connectivity index (χ1v) is 9.09. The molecule has 0 unspecified atom stereocenters. The van der Waals surface area contributed by atoms with E-state index in [1.807, 2.05) is 0 Å². The molecule has 0 heterocycles. The fourth-order valence-electron chi connectivity index (χ4n) is 3.68. The summed E-state index contributed by atoms with van der Waals surface area (Å²) in [7, 11) is 0. The molecule has 26 heavy (non-hydrogen) atoms. The maximum absolute atomic E-state index is 11.9. The zero-order valence-corrected chi connectivity index (χ0v) is 16.0. The highest BCUT2D eigenvalue weighted by molar-refractivity contribution is 6.35. The van der Waals surface area contributed by atoms with Gasteiger partial charge in [0.2, 0.25) is 0 Å². The minimum atomic E-state index is -1.12. The Hall–Kier alpha value is -1.46. The molecule has 0 aliphatic heterocycles. The van der Waals surface area contributed by atoms with Crippen LogP contribution in [0.25, 0.3) is 0 Å². The number of carbonyl (C=O) groups is 2. The Bertz CT molecular complexity index is 817. The molecule has 0 bridgehead atoms. The number of benzene rings is 2. The van der Waals surface area contributed by atoms with Crippen molar-refractivity contribution in [3.05, 3.63) is 67.6 Å². The molecule has 0 atom stereocenters. The van der Waals surface area contributed by atoms with Crippen LogP contribution in [0.3, 0.4) is 0 Å². The number of hydrogen-bond acceptors (Lipinski definition) is 2. The van der Waals surface area contributed by atoms with Crippen LogP contribution in [0.4, 0.5) is 0 Å². The first kappa shape index (κ1) is 19.3. The quantitative estimate of drug-likeness (QED) is 0.659. The van der Waals surface area contributed by atoms with Crippen LogP contribution in [-0.4, -0.2) is 22.2 Å². The maximum Gasteiger partial charge on any atom is 0.307 e. The molecule has 0 saturated heterocycles. The molecule has 2 N–H and O–H groups in total. The average Bonchev–Trinajstić information content (AvgIpc) is 2.49. The van der Waals surface area contributed by atoms with Crippen molar-refractivity contribution in [1.82, 2.24) is 0 Å². The first-order chi connectivity index (χ1) is 12.2. The minimum absolute atomic E-state index is 0.237. The van der Waals surface area contributed by atoms with E-state index in [4.69, 9.17) is 46.4 Å². The highest BCUT2D eigenvalue weighted by Gasteiger charge is 2.59. The van der Waals surface area contributed by atoms with Gasteiger partial charge in [0.05, 0.1) is 11.8 Å². The summed E-state index contributed by atoms with van der Waals surface area (Å²) in [5, 5.41) is 20.8. The van der Waals surface area contributed by atoms with Crippen molar-refractivity contribution in [1.29, 1.82) is 0 Å². The van der Waals surface area contributed by atoms with E-state index in [0.717, 1.165) is 0 Å². The minimum Gasteiger partial charge on any atom is -0.481 e. The number of carboxylic acids is 2. The van der Waals surface area contributed by atoms with Gasteiger partial charge in [0.1, 0.15) is 0 Å². The molecule has 0 amide bonds. The molecule has 0 spiro atoms. The molecule has 0 aromatic heterocycles. The van der Waals surface area contributed by atoms with E-state index >= 15 is 0 Å². The van der Waals surface area contributed by atoms with Crippen molar-refractivity contribution in [2.45, 2.75) is 11.8 Å². The molecule has 1 aliphatic carbocycles. The number of hydrogen-bond donors (Lipinski definition) is 2. The fraction of sp³-hybridized carbons (Fsp3) is 0.222. The van der Waals surface area contributed by atoms with E-state index < -0.39 is 35.6 Å². The molecule has 1 aliphatic rings. The average molecular weight is 434 g/mol. The predicted molar refractivity (Wildman–Crippen MR) is 101 cm³/mol. The van der Waals surface area contributed by atoms with Gasteiger partial charge in [-0.15, -0.1) is 0 Å². The first-order valence-electron chi connectivity index (χ1n) is 7.58. The van der Waals surface area contributed by atoms with Gasteiger partial charge in [0.25, 0.3) is 0 Å². The Balaban J connectivity index is 2.11. The van der Waals surface area contributed by atoms with Crippen molar-refractivity contribution in [3.8, 4) is 0 Å². The molecule has 2 aromatic rings. The lowest BCUT2D eigenvalue weighted by Gasteiger charge is -2.48. The number of halogens is 4. The second-order valence-electron chi connectivity index (χ2n) is 6.11. The lowest BCUT2D eigenvalue weighted by molar-refractivity contribution is -0.159. The zero-order chi connectivity index (χ0) is 19.2. The molecule has 1 fully saturated rings. The van der Waals surface area contributed by atoms with Crippen molar-refractivity contribution in [3.63, 3.8) is 0 Å². The largest absolute Gasteiger partial charge is 0.481 e. The lowest BCUT2D eigenvalue weighted by Crippen LogP contribution is -2.51. The van der Waals surface area contributed by atoms with Crippen LogP contribution in [-0.2, 0) is 9.59 Å². The highest BCUT2D eigenvalue weighted by atomic mass is 35.5. The standard InChI is InChI=1S/C18H12Cl4O4/c19-7-1-3-9(11(21)5-7)13-15(17(23)24)14(16(13)18(25)26)10-4-2-8(20)6-12(10)22/h1-6,13-16H,(H,23,24)(H,25,26). The van der Waals surface area contributed by atoms with Gasteiger partial charge in [-0.1, -0.05) is 58.5 Å². The molecule has 1 saturated carbocycles. The normalized spacial score (nSPS) is 24.8. The van der Waals surface area contributed by atoms with Crippen LogP contribution in [0.1, 0.15) is 23.0 Å². The van der Waals surface area contributed by atoms with Crippen LogP contribution in [0.2, 0.25) is 20.1 Å². The Morgan fingerprint density at radius 1 is 0.692 bits per heavy atom. The molecule has 0 radical (unpaired) electrons. The monoisotopic (exact) mass is 432 g/mol. The summed E-state index contributed by atoms with van der Waals surface area (Å²) in [6.45, 7) is 0. The summed E-state index contributed by atoms with van der Waals surface area (Å²) >= 11 is 24.2. The summed E-state index contributed by atoms with van der Waals surface area (Å²) in [5.74, 6) is -5.82. The van der Waals surface area contributed by atoms with E-state index in [1.165, 1.54) is 12.1 Å². The molecular formula is C18H12Cl4O4. The van der Waals surface area contributed by atoms with Crippen LogP contribution < -0.4 is 0 Å². The summed E-state index contributed by atoms with van der Waals surface area (Å²) in [4.78, 5) is 23.9. The van der Waals surface area contributed by atoms with Gasteiger partial charge in [0, 0.05) is 31.9 Å². The topological polar surface area (TPSA) is 74.6 Å². The van der Waals surface area contributed by atoms with Gasteiger partial charge in [-0.25, -0.2) is 0 Å². The smallest absolute Gasteiger partial charge is 0.307 e. The van der Waals surface area contributed by atoms with Gasteiger partial charge in [-0.3, -0.25) is 9.59 Å². The molecule has 8 heteroatoms. The van der Waals surface area contributed by atoms with Crippen molar-refractivity contribution in [2.75, 3.05) is 0 Å². The summed E-state index contributed by atoms with van der Waals surface area (Å²) < 4.78 is 0. The van der Waals surface area contributed by atoms with Crippen LogP contribution in [0.15, 0.2) is 36.4 Å². The SMILES string of the molecule is O=C(O)C1C(c2ccc(Cl)cc2Cl)C(C(=O)O)C1c1ccc(Cl)cc1Cl. The van der Waals surface area contributed by atoms with E-state index in [2.05, 4.69) is 0 Å². The number of aliphatic carboxylic acids is 2. The maximum atomic E-state index is 11.9.